The Morgan fingerprint density at radius 2 is 1.73 bits per heavy atom. The van der Waals surface area contributed by atoms with Crippen molar-refractivity contribution in [3.8, 4) is 0 Å². The van der Waals surface area contributed by atoms with Gasteiger partial charge >= 0.3 is 0 Å². The highest BCUT2D eigenvalue weighted by atomic mass is 32.2. The fourth-order valence-corrected chi connectivity index (χ4v) is 3.83. The summed E-state index contributed by atoms with van der Waals surface area (Å²) in [5, 5.41) is 11.4. The monoisotopic (exact) mass is 314 g/mol. The van der Waals surface area contributed by atoms with Crippen molar-refractivity contribution in [3.63, 3.8) is 0 Å². The Kier molecular flexibility index (Phi) is 4.87. The molecule has 1 aliphatic rings. The van der Waals surface area contributed by atoms with Crippen LogP contribution in [0, 0.1) is 0 Å². The van der Waals surface area contributed by atoms with E-state index in [4.69, 9.17) is 4.74 Å². The van der Waals surface area contributed by atoms with E-state index < -0.39 is 5.60 Å². The molecule has 3 rings (SSSR count). The molecule has 3 heteroatoms. The molecular weight excluding hydrogens is 292 g/mol. The topological polar surface area (TPSA) is 29.5 Å². The summed E-state index contributed by atoms with van der Waals surface area (Å²) in [7, 11) is 0. The summed E-state index contributed by atoms with van der Waals surface area (Å²) < 4.78 is 6.25. The molecule has 3 atom stereocenters. The van der Waals surface area contributed by atoms with Gasteiger partial charge in [-0.2, -0.15) is 11.8 Å². The molecule has 2 aromatic carbocycles. The number of aliphatic hydroxyl groups is 1. The van der Waals surface area contributed by atoms with Crippen LogP contribution in [-0.4, -0.2) is 22.7 Å². The lowest BCUT2D eigenvalue weighted by molar-refractivity contribution is -0.0514. The maximum absolute atomic E-state index is 11.4. The molecule has 0 bridgehead atoms. The van der Waals surface area contributed by atoms with Crippen LogP contribution in [0.2, 0.25) is 0 Å². The molecule has 0 aromatic heterocycles. The molecule has 0 radical (unpaired) electrons. The molecule has 0 saturated carbocycles. The molecule has 116 valence electrons. The van der Waals surface area contributed by atoms with E-state index in [0.29, 0.717) is 6.42 Å². The number of hydrogen-bond acceptors (Lipinski definition) is 3. The van der Waals surface area contributed by atoms with Crippen molar-refractivity contribution < 1.29 is 9.84 Å². The Hall–Kier alpha value is -1.29. The summed E-state index contributed by atoms with van der Waals surface area (Å²) in [5.41, 5.74) is 1.02. The highest BCUT2D eigenvalue weighted by Crippen LogP contribution is 2.48. The molecule has 0 aliphatic carbocycles. The predicted molar refractivity (Wildman–Crippen MR) is 92.0 cm³/mol. The molecule has 0 spiro atoms. The molecule has 1 fully saturated rings. The molecule has 0 amide bonds. The second-order valence-corrected chi connectivity index (χ2v) is 7.02. The van der Waals surface area contributed by atoms with E-state index in [1.54, 1.807) is 0 Å². The maximum Gasteiger partial charge on any atom is 0.122 e. The summed E-state index contributed by atoms with van der Waals surface area (Å²) >= 11 is 1.86. The van der Waals surface area contributed by atoms with E-state index in [1.165, 1.54) is 0 Å². The van der Waals surface area contributed by atoms with Crippen LogP contribution in [0.1, 0.15) is 30.6 Å². The Morgan fingerprint density at radius 1 is 1.09 bits per heavy atom. The smallest absolute Gasteiger partial charge is 0.122 e. The van der Waals surface area contributed by atoms with Gasteiger partial charge in [-0.05, 0) is 16.9 Å². The summed E-state index contributed by atoms with van der Waals surface area (Å²) in [6.07, 6.45) is 0.419. The molecule has 2 nitrogen and oxygen atoms in total. The first-order valence-corrected chi connectivity index (χ1v) is 8.95. The molecular formula is C19H22O2S. The van der Waals surface area contributed by atoms with Gasteiger partial charge in [0.1, 0.15) is 11.7 Å². The van der Waals surface area contributed by atoms with Crippen molar-refractivity contribution in [1.82, 2.24) is 0 Å². The van der Waals surface area contributed by atoms with Crippen molar-refractivity contribution in [2.45, 2.75) is 31.2 Å². The largest absolute Gasteiger partial charge is 0.382 e. The predicted octanol–water partition coefficient (Wildman–Crippen LogP) is 4.16. The Balaban J connectivity index is 1.93. The van der Waals surface area contributed by atoms with Gasteiger partial charge in [-0.15, -0.1) is 0 Å². The van der Waals surface area contributed by atoms with Crippen molar-refractivity contribution in [3.05, 3.63) is 71.8 Å². The number of rotatable bonds is 5. The first-order valence-electron chi connectivity index (χ1n) is 7.80. The van der Waals surface area contributed by atoms with Gasteiger partial charge in [-0.25, -0.2) is 0 Å². The molecule has 1 N–H and O–H groups in total. The van der Waals surface area contributed by atoms with E-state index in [-0.39, 0.29) is 12.2 Å². The third kappa shape index (κ3) is 3.07. The Morgan fingerprint density at radius 3 is 2.36 bits per heavy atom. The lowest BCUT2D eigenvalue weighted by atomic mass is 9.83. The van der Waals surface area contributed by atoms with Crippen LogP contribution < -0.4 is 0 Å². The highest BCUT2D eigenvalue weighted by molar-refractivity contribution is 7.99. The average molecular weight is 314 g/mol. The molecule has 1 aliphatic heterocycles. The van der Waals surface area contributed by atoms with Crippen molar-refractivity contribution in [2.24, 2.45) is 0 Å². The minimum Gasteiger partial charge on any atom is -0.382 e. The fraction of sp³-hybridized carbons (Fsp3) is 0.368. The third-order valence-corrected chi connectivity index (χ3v) is 5.20. The highest BCUT2D eigenvalue weighted by Gasteiger charge is 2.48. The lowest BCUT2D eigenvalue weighted by Crippen LogP contribution is -2.29. The third-order valence-electron chi connectivity index (χ3n) is 4.19. The molecule has 1 saturated heterocycles. The molecule has 0 unspecified atom stereocenters. The van der Waals surface area contributed by atoms with Gasteiger partial charge in [0.15, 0.2) is 0 Å². The van der Waals surface area contributed by atoms with E-state index in [9.17, 15) is 5.11 Å². The average Bonchev–Trinajstić information content (AvgIpc) is 2.93. The van der Waals surface area contributed by atoms with Gasteiger partial charge in [0.05, 0.1) is 6.10 Å². The number of benzene rings is 2. The van der Waals surface area contributed by atoms with Crippen LogP contribution in [0.3, 0.4) is 0 Å². The van der Waals surface area contributed by atoms with Gasteiger partial charge in [0, 0.05) is 12.2 Å². The van der Waals surface area contributed by atoms with Crippen LogP contribution in [0.15, 0.2) is 60.7 Å². The SMILES string of the molecule is CCSC[C@H]1C[C@](O)(c2ccccc2)[C@@H](c2ccccc2)O1. The van der Waals surface area contributed by atoms with Crippen LogP contribution in [-0.2, 0) is 10.3 Å². The summed E-state index contributed by atoms with van der Waals surface area (Å²) in [4.78, 5) is 0. The van der Waals surface area contributed by atoms with Crippen LogP contribution >= 0.6 is 11.8 Å². The zero-order valence-corrected chi connectivity index (χ0v) is 13.6. The lowest BCUT2D eigenvalue weighted by Gasteiger charge is -2.29. The van der Waals surface area contributed by atoms with E-state index in [0.717, 1.165) is 22.6 Å². The van der Waals surface area contributed by atoms with E-state index in [1.807, 2.05) is 72.4 Å². The van der Waals surface area contributed by atoms with Gasteiger partial charge in [-0.3, -0.25) is 0 Å². The first-order chi connectivity index (χ1) is 10.7. The normalized spacial score (nSPS) is 27.9. The standard InChI is InChI=1S/C19H22O2S/c1-2-22-14-17-13-19(20,16-11-7-4-8-12-16)18(21-17)15-9-5-3-6-10-15/h3-12,17-18,20H,2,13-14H2,1H3/t17-,18-,19+/m1/s1. The second-order valence-electron chi connectivity index (χ2n) is 5.70. The van der Waals surface area contributed by atoms with Gasteiger partial charge in [-0.1, -0.05) is 67.6 Å². The van der Waals surface area contributed by atoms with Gasteiger partial charge in [0.25, 0.3) is 0 Å². The maximum atomic E-state index is 11.4. The second kappa shape index (κ2) is 6.86. The Bertz CT molecular complexity index is 587. The number of thioether (sulfide) groups is 1. The number of hydrogen-bond donors (Lipinski definition) is 1. The van der Waals surface area contributed by atoms with Crippen LogP contribution in [0.4, 0.5) is 0 Å². The minimum absolute atomic E-state index is 0.0837. The first kappa shape index (κ1) is 15.6. The molecule has 2 aromatic rings. The summed E-state index contributed by atoms with van der Waals surface area (Å²) in [5.74, 6) is 1.99. The zero-order chi connectivity index (χ0) is 15.4. The quantitative estimate of drug-likeness (QED) is 0.898. The summed E-state index contributed by atoms with van der Waals surface area (Å²) in [6, 6.07) is 20.0. The van der Waals surface area contributed by atoms with Crippen LogP contribution in [0.5, 0.6) is 0 Å². The number of ether oxygens (including phenoxy) is 1. The minimum atomic E-state index is -0.957. The van der Waals surface area contributed by atoms with Crippen molar-refractivity contribution in [1.29, 1.82) is 0 Å². The molecule has 1 heterocycles. The van der Waals surface area contributed by atoms with Crippen molar-refractivity contribution >= 4 is 11.8 Å². The van der Waals surface area contributed by atoms with Gasteiger partial charge in [0.2, 0.25) is 0 Å². The fourth-order valence-electron chi connectivity index (χ4n) is 3.13. The van der Waals surface area contributed by atoms with Crippen molar-refractivity contribution in [2.75, 3.05) is 11.5 Å². The Labute approximate surface area is 136 Å². The zero-order valence-electron chi connectivity index (χ0n) is 12.8. The summed E-state index contributed by atoms with van der Waals surface area (Å²) in [6.45, 7) is 2.15. The van der Waals surface area contributed by atoms with Crippen LogP contribution in [0.25, 0.3) is 0 Å². The van der Waals surface area contributed by atoms with Gasteiger partial charge < -0.3 is 9.84 Å². The van der Waals surface area contributed by atoms with E-state index in [2.05, 4.69) is 6.92 Å². The van der Waals surface area contributed by atoms with E-state index >= 15 is 0 Å². The molecule has 22 heavy (non-hydrogen) atoms.